The molecular formula is C12H26N2. The zero-order chi connectivity index (χ0) is 10.4. The molecule has 0 heterocycles. The van der Waals surface area contributed by atoms with Gasteiger partial charge in [-0.2, -0.15) is 0 Å². The maximum atomic E-state index is 5.78. The van der Waals surface area contributed by atoms with E-state index in [0.29, 0.717) is 0 Å². The molecule has 0 bridgehead atoms. The molecule has 0 spiro atoms. The summed E-state index contributed by atoms with van der Waals surface area (Å²) in [5.41, 5.74) is 5.78. The average molecular weight is 198 g/mol. The topological polar surface area (TPSA) is 29.3 Å². The summed E-state index contributed by atoms with van der Waals surface area (Å²) >= 11 is 0. The van der Waals surface area contributed by atoms with E-state index in [1.165, 1.54) is 45.3 Å². The number of nitrogens with zero attached hydrogens (tertiary/aromatic N) is 1. The molecule has 0 amide bonds. The summed E-state index contributed by atoms with van der Waals surface area (Å²) < 4.78 is 0. The van der Waals surface area contributed by atoms with E-state index in [0.717, 1.165) is 18.4 Å². The molecule has 14 heavy (non-hydrogen) atoms. The molecule has 0 aromatic heterocycles. The molecule has 1 rings (SSSR count). The fraction of sp³-hybridized carbons (Fsp3) is 1.00. The Hall–Kier alpha value is -0.0800. The largest absolute Gasteiger partial charge is 0.330 e. The average Bonchev–Trinajstić information content (AvgIpc) is 2.99. The van der Waals surface area contributed by atoms with E-state index >= 15 is 0 Å². The molecule has 1 fully saturated rings. The van der Waals surface area contributed by atoms with Crippen LogP contribution in [0.25, 0.3) is 0 Å². The second-order valence-electron chi connectivity index (χ2n) is 4.69. The van der Waals surface area contributed by atoms with Gasteiger partial charge in [-0.3, -0.25) is 0 Å². The molecule has 1 saturated carbocycles. The highest BCUT2D eigenvalue weighted by Gasteiger charge is 2.24. The number of nitrogens with two attached hydrogens (primary N) is 1. The third-order valence-corrected chi connectivity index (χ3v) is 3.21. The molecule has 1 unspecified atom stereocenters. The molecule has 0 aromatic rings. The van der Waals surface area contributed by atoms with Crippen LogP contribution in [0, 0.1) is 11.8 Å². The van der Waals surface area contributed by atoms with Crippen LogP contribution in [0.4, 0.5) is 0 Å². The molecule has 0 saturated heterocycles. The number of hydrogen-bond donors (Lipinski definition) is 1. The predicted octanol–water partition coefficient (Wildman–Crippen LogP) is 2.09. The summed E-state index contributed by atoms with van der Waals surface area (Å²) in [6.45, 7) is 9.10. The van der Waals surface area contributed by atoms with Crippen LogP contribution >= 0.6 is 0 Å². The fourth-order valence-corrected chi connectivity index (χ4v) is 2.06. The number of rotatable bonds is 8. The monoisotopic (exact) mass is 198 g/mol. The highest BCUT2D eigenvalue weighted by Crippen LogP contribution is 2.29. The first-order chi connectivity index (χ1) is 6.80. The van der Waals surface area contributed by atoms with Gasteiger partial charge in [-0.15, -0.1) is 0 Å². The van der Waals surface area contributed by atoms with E-state index in [1.807, 2.05) is 0 Å². The maximum Gasteiger partial charge on any atom is 0.00217 e. The molecule has 0 aliphatic heterocycles. The molecule has 0 aromatic carbocycles. The van der Waals surface area contributed by atoms with Gasteiger partial charge in [0.05, 0.1) is 0 Å². The lowest BCUT2D eigenvalue weighted by molar-refractivity contribution is 0.228. The standard InChI is InChI=1S/C12H26N2/c1-3-5-12(8-13)10-14(4-2)9-11-6-7-11/h11-12H,3-10,13H2,1-2H3. The third-order valence-electron chi connectivity index (χ3n) is 3.21. The van der Waals surface area contributed by atoms with Gasteiger partial charge in [-0.1, -0.05) is 20.3 Å². The summed E-state index contributed by atoms with van der Waals surface area (Å²) in [7, 11) is 0. The summed E-state index contributed by atoms with van der Waals surface area (Å²) in [6, 6.07) is 0. The SMILES string of the molecule is CCCC(CN)CN(CC)CC1CC1. The van der Waals surface area contributed by atoms with E-state index in [-0.39, 0.29) is 0 Å². The van der Waals surface area contributed by atoms with Gasteiger partial charge in [0.15, 0.2) is 0 Å². The Morgan fingerprint density at radius 1 is 1.36 bits per heavy atom. The van der Waals surface area contributed by atoms with Gasteiger partial charge in [-0.05, 0) is 44.2 Å². The summed E-state index contributed by atoms with van der Waals surface area (Å²) in [4.78, 5) is 2.59. The summed E-state index contributed by atoms with van der Waals surface area (Å²) in [5, 5.41) is 0. The lowest BCUT2D eigenvalue weighted by Gasteiger charge is -2.25. The van der Waals surface area contributed by atoms with Crippen molar-refractivity contribution in [3.63, 3.8) is 0 Å². The zero-order valence-electron chi connectivity index (χ0n) is 9.84. The molecule has 0 radical (unpaired) electrons. The Bertz CT molecular complexity index is 143. The van der Waals surface area contributed by atoms with Crippen molar-refractivity contribution in [3.8, 4) is 0 Å². The molecule has 1 aliphatic carbocycles. The van der Waals surface area contributed by atoms with Gasteiger partial charge in [0.1, 0.15) is 0 Å². The number of hydrogen-bond acceptors (Lipinski definition) is 2. The van der Waals surface area contributed by atoms with Gasteiger partial charge >= 0.3 is 0 Å². The van der Waals surface area contributed by atoms with Gasteiger partial charge in [0.25, 0.3) is 0 Å². The first-order valence-corrected chi connectivity index (χ1v) is 6.22. The minimum Gasteiger partial charge on any atom is -0.330 e. The van der Waals surface area contributed by atoms with Crippen molar-refractivity contribution in [1.29, 1.82) is 0 Å². The van der Waals surface area contributed by atoms with E-state index < -0.39 is 0 Å². The predicted molar refractivity (Wildman–Crippen MR) is 62.3 cm³/mol. The molecule has 2 heteroatoms. The fourth-order valence-electron chi connectivity index (χ4n) is 2.06. The van der Waals surface area contributed by atoms with Crippen LogP contribution in [-0.2, 0) is 0 Å². The first kappa shape index (κ1) is 12.0. The van der Waals surface area contributed by atoms with Crippen LogP contribution in [0.15, 0.2) is 0 Å². The van der Waals surface area contributed by atoms with E-state index in [4.69, 9.17) is 5.73 Å². The molecule has 1 aliphatic rings. The normalized spacial score (nSPS) is 18.9. The van der Waals surface area contributed by atoms with Gasteiger partial charge in [-0.25, -0.2) is 0 Å². The highest BCUT2D eigenvalue weighted by molar-refractivity contribution is 4.78. The first-order valence-electron chi connectivity index (χ1n) is 6.22. The summed E-state index contributed by atoms with van der Waals surface area (Å²) in [5.74, 6) is 1.73. The molecular weight excluding hydrogens is 172 g/mol. The van der Waals surface area contributed by atoms with Crippen molar-refractivity contribution in [2.75, 3.05) is 26.2 Å². The van der Waals surface area contributed by atoms with Gasteiger partial charge < -0.3 is 10.6 Å². The zero-order valence-corrected chi connectivity index (χ0v) is 9.84. The quantitative estimate of drug-likeness (QED) is 0.647. The second kappa shape index (κ2) is 6.41. The molecule has 2 N–H and O–H groups in total. The third kappa shape index (κ3) is 4.43. The Morgan fingerprint density at radius 3 is 2.50 bits per heavy atom. The Labute approximate surface area is 88.8 Å². The van der Waals surface area contributed by atoms with Crippen molar-refractivity contribution in [2.24, 2.45) is 17.6 Å². The Kier molecular flexibility index (Phi) is 5.49. The van der Waals surface area contributed by atoms with Crippen molar-refractivity contribution < 1.29 is 0 Å². The van der Waals surface area contributed by atoms with Crippen molar-refractivity contribution in [1.82, 2.24) is 4.90 Å². The summed E-state index contributed by atoms with van der Waals surface area (Å²) in [6.07, 6.45) is 5.47. The van der Waals surface area contributed by atoms with Crippen LogP contribution in [0.1, 0.15) is 39.5 Å². The van der Waals surface area contributed by atoms with E-state index in [9.17, 15) is 0 Å². The minimum absolute atomic E-state index is 0.721. The molecule has 2 nitrogen and oxygen atoms in total. The van der Waals surface area contributed by atoms with E-state index in [2.05, 4.69) is 18.7 Å². The minimum atomic E-state index is 0.721. The van der Waals surface area contributed by atoms with Crippen molar-refractivity contribution >= 4 is 0 Å². The Morgan fingerprint density at radius 2 is 2.07 bits per heavy atom. The van der Waals surface area contributed by atoms with Crippen molar-refractivity contribution in [3.05, 3.63) is 0 Å². The lowest BCUT2D eigenvalue weighted by atomic mass is 10.0. The smallest absolute Gasteiger partial charge is 0.00217 e. The van der Waals surface area contributed by atoms with Crippen LogP contribution in [0.5, 0.6) is 0 Å². The molecule has 84 valence electrons. The maximum absolute atomic E-state index is 5.78. The van der Waals surface area contributed by atoms with Crippen LogP contribution < -0.4 is 5.73 Å². The Balaban J connectivity index is 2.20. The van der Waals surface area contributed by atoms with Gasteiger partial charge in [0.2, 0.25) is 0 Å². The van der Waals surface area contributed by atoms with Crippen molar-refractivity contribution in [2.45, 2.75) is 39.5 Å². The molecule has 1 atom stereocenters. The highest BCUT2D eigenvalue weighted by atomic mass is 15.1. The second-order valence-corrected chi connectivity index (χ2v) is 4.69. The van der Waals surface area contributed by atoms with E-state index in [1.54, 1.807) is 0 Å². The van der Waals surface area contributed by atoms with Crippen LogP contribution in [0.2, 0.25) is 0 Å². The lowest BCUT2D eigenvalue weighted by Crippen LogP contribution is -2.34. The van der Waals surface area contributed by atoms with Gasteiger partial charge in [0, 0.05) is 13.1 Å². The van der Waals surface area contributed by atoms with Crippen LogP contribution in [-0.4, -0.2) is 31.1 Å². The van der Waals surface area contributed by atoms with Crippen LogP contribution in [0.3, 0.4) is 0 Å².